The van der Waals surface area contributed by atoms with Crippen molar-refractivity contribution in [2.24, 2.45) is 5.41 Å². The Labute approximate surface area is 140 Å². The molecule has 1 aromatic carbocycles. The molecule has 1 N–H and O–H groups in total. The number of nitrogens with one attached hydrogen (secondary N) is 1. The van der Waals surface area contributed by atoms with E-state index in [0.29, 0.717) is 5.56 Å². The van der Waals surface area contributed by atoms with E-state index in [0.717, 1.165) is 11.6 Å². The van der Waals surface area contributed by atoms with Crippen molar-refractivity contribution in [1.29, 1.82) is 0 Å². The Morgan fingerprint density at radius 3 is 2.08 bits per heavy atom. The van der Waals surface area contributed by atoms with Gasteiger partial charge in [-0.15, -0.1) is 0 Å². The van der Waals surface area contributed by atoms with E-state index in [1.54, 1.807) is 12.1 Å². The van der Waals surface area contributed by atoms with E-state index in [4.69, 9.17) is 0 Å². The summed E-state index contributed by atoms with van der Waals surface area (Å²) in [7, 11) is 0. The third kappa shape index (κ3) is 4.46. The molecule has 0 bridgehead atoms. The Bertz CT molecular complexity index is 701. The molecule has 130 valence electrons. The fourth-order valence-corrected chi connectivity index (χ4v) is 1.94. The number of aromatic nitrogens is 2. The van der Waals surface area contributed by atoms with E-state index in [-0.39, 0.29) is 23.1 Å². The average Bonchev–Trinajstić information content (AvgIpc) is 2.45. The summed E-state index contributed by atoms with van der Waals surface area (Å²) in [6.07, 6.45) is -4.52. The Balaban J connectivity index is 2.48. The van der Waals surface area contributed by atoms with Crippen LogP contribution in [0.4, 0.5) is 19.1 Å². The largest absolute Gasteiger partial charge is 0.433 e. The van der Waals surface area contributed by atoms with Gasteiger partial charge in [-0.25, -0.2) is 9.97 Å². The van der Waals surface area contributed by atoms with Crippen LogP contribution < -0.4 is 5.32 Å². The summed E-state index contributed by atoms with van der Waals surface area (Å²) in [6.45, 7) is 9.82. The number of hydrogen-bond acceptors (Lipinski definition) is 3. The molecule has 0 aliphatic rings. The van der Waals surface area contributed by atoms with Gasteiger partial charge < -0.3 is 5.32 Å². The van der Waals surface area contributed by atoms with Crippen LogP contribution in [0.2, 0.25) is 0 Å². The van der Waals surface area contributed by atoms with E-state index in [2.05, 4.69) is 15.3 Å². The fraction of sp³-hybridized carbons (Fsp3) is 0.444. The summed E-state index contributed by atoms with van der Waals surface area (Å²) in [4.78, 5) is 7.93. The lowest BCUT2D eigenvalue weighted by molar-refractivity contribution is -0.141. The van der Waals surface area contributed by atoms with Crippen LogP contribution >= 0.6 is 0 Å². The van der Waals surface area contributed by atoms with Crippen molar-refractivity contribution in [3.8, 4) is 11.3 Å². The molecule has 0 fully saturated rings. The SMILES string of the molecule is Cc1ccc(-c2cc(C(F)(F)F)nc(N[C@H](C)C(C)(C)C)n2)cc1. The van der Waals surface area contributed by atoms with E-state index in [9.17, 15) is 13.2 Å². The minimum Gasteiger partial charge on any atom is -0.351 e. The third-order valence-electron chi connectivity index (χ3n) is 4.01. The molecule has 0 spiro atoms. The number of alkyl halides is 3. The van der Waals surface area contributed by atoms with Crippen molar-refractivity contribution in [3.05, 3.63) is 41.6 Å². The van der Waals surface area contributed by atoms with E-state index in [1.165, 1.54) is 0 Å². The van der Waals surface area contributed by atoms with Gasteiger partial charge in [-0.3, -0.25) is 0 Å². The molecule has 0 aliphatic carbocycles. The Kier molecular flexibility index (Phi) is 4.87. The molecule has 0 saturated carbocycles. The van der Waals surface area contributed by atoms with Gasteiger partial charge in [-0.05, 0) is 25.3 Å². The second kappa shape index (κ2) is 6.42. The number of halogens is 3. The second-order valence-electron chi connectivity index (χ2n) is 7.06. The molecule has 1 aromatic heterocycles. The minimum atomic E-state index is -4.52. The van der Waals surface area contributed by atoms with E-state index < -0.39 is 11.9 Å². The van der Waals surface area contributed by atoms with Crippen LogP contribution in [0.15, 0.2) is 30.3 Å². The van der Waals surface area contributed by atoms with Crippen molar-refractivity contribution in [1.82, 2.24) is 9.97 Å². The minimum absolute atomic E-state index is 0.0113. The number of rotatable bonds is 3. The van der Waals surface area contributed by atoms with Gasteiger partial charge in [0.25, 0.3) is 0 Å². The molecular formula is C18H22F3N3. The van der Waals surface area contributed by atoms with Crippen molar-refractivity contribution in [2.45, 2.75) is 46.8 Å². The molecule has 0 radical (unpaired) electrons. The molecule has 2 aromatic rings. The zero-order valence-corrected chi connectivity index (χ0v) is 14.5. The van der Waals surface area contributed by atoms with Gasteiger partial charge in [0.05, 0.1) is 5.69 Å². The lowest BCUT2D eigenvalue weighted by atomic mass is 9.88. The van der Waals surface area contributed by atoms with Crippen LogP contribution in [0.5, 0.6) is 0 Å². The summed E-state index contributed by atoms with van der Waals surface area (Å²) >= 11 is 0. The van der Waals surface area contributed by atoms with Crippen LogP contribution in [0.1, 0.15) is 39.0 Å². The summed E-state index contributed by atoms with van der Waals surface area (Å²) in [6, 6.07) is 8.10. The van der Waals surface area contributed by atoms with Crippen molar-refractivity contribution >= 4 is 5.95 Å². The van der Waals surface area contributed by atoms with Gasteiger partial charge in [0.1, 0.15) is 0 Å². The highest BCUT2D eigenvalue weighted by molar-refractivity contribution is 5.61. The molecular weight excluding hydrogens is 315 g/mol. The standard InChI is InChI=1S/C18H22F3N3/c1-11-6-8-13(9-7-11)14-10-15(18(19,20)21)24-16(23-14)22-12(2)17(3,4)5/h6-10,12H,1-5H3,(H,22,23,24)/t12-/m1/s1. The van der Waals surface area contributed by atoms with Crippen LogP contribution in [-0.4, -0.2) is 16.0 Å². The highest BCUT2D eigenvalue weighted by Gasteiger charge is 2.34. The predicted octanol–water partition coefficient (Wildman–Crippen LogP) is 5.32. The molecule has 1 atom stereocenters. The van der Waals surface area contributed by atoms with E-state index >= 15 is 0 Å². The maximum absolute atomic E-state index is 13.2. The Morgan fingerprint density at radius 2 is 1.58 bits per heavy atom. The van der Waals surface area contributed by atoms with Crippen LogP contribution in [0, 0.1) is 12.3 Å². The lowest BCUT2D eigenvalue weighted by Gasteiger charge is -2.28. The molecule has 2 rings (SSSR count). The third-order valence-corrected chi connectivity index (χ3v) is 4.01. The molecule has 0 amide bonds. The molecule has 6 heteroatoms. The monoisotopic (exact) mass is 337 g/mol. The molecule has 0 saturated heterocycles. The van der Waals surface area contributed by atoms with Gasteiger partial charge in [-0.2, -0.15) is 13.2 Å². The first-order valence-corrected chi connectivity index (χ1v) is 7.76. The second-order valence-corrected chi connectivity index (χ2v) is 7.06. The van der Waals surface area contributed by atoms with Crippen molar-refractivity contribution < 1.29 is 13.2 Å². The van der Waals surface area contributed by atoms with Gasteiger partial charge in [0.2, 0.25) is 5.95 Å². The topological polar surface area (TPSA) is 37.8 Å². The molecule has 1 heterocycles. The first-order valence-electron chi connectivity index (χ1n) is 7.76. The smallest absolute Gasteiger partial charge is 0.351 e. The normalized spacial score (nSPS) is 13.7. The number of nitrogens with zero attached hydrogens (tertiary/aromatic N) is 2. The summed E-state index contributed by atoms with van der Waals surface area (Å²) in [5.74, 6) is -0.0113. The van der Waals surface area contributed by atoms with Crippen LogP contribution in [0.25, 0.3) is 11.3 Å². The number of anilines is 1. The summed E-state index contributed by atoms with van der Waals surface area (Å²) in [5.41, 5.74) is 0.822. The quantitative estimate of drug-likeness (QED) is 0.824. The summed E-state index contributed by atoms with van der Waals surface area (Å²) in [5, 5.41) is 2.99. The molecule has 0 unspecified atom stereocenters. The Hall–Kier alpha value is -2.11. The average molecular weight is 337 g/mol. The maximum atomic E-state index is 13.2. The highest BCUT2D eigenvalue weighted by atomic mass is 19.4. The van der Waals surface area contributed by atoms with Gasteiger partial charge in [-0.1, -0.05) is 50.6 Å². The zero-order valence-electron chi connectivity index (χ0n) is 14.5. The van der Waals surface area contributed by atoms with Crippen molar-refractivity contribution in [2.75, 3.05) is 5.32 Å². The van der Waals surface area contributed by atoms with Gasteiger partial charge in [0, 0.05) is 11.6 Å². The molecule has 0 aliphatic heterocycles. The predicted molar refractivity (Wildman–Crippen MR) is 89.7 cm³/mol. The molecule has 3 nitrogen and oxygen atoms in total. The van der Waals surface area contributed by atoms with Gasteiger partial charge >= 0.3 is 6.18 Å². The van der Waals surface area contributed by atoms with E-state index in [1.807, 2.05) is 46.8 Å². The number of aryl methyl sites for hydroxylation is 1. The zero-order chi connectivity index (χ0) is 18.1. The summed E-state index contributed by atoms with van der Waals surface area (Å²) < 4.78 is 39.5. The highest BCUT2D eigenvalue weighted by Crippen LogP contribution is 2.32. The fourth-order valence-electron chi connectivity index (χ4n) is 1.94. The maximum Gasteiger partial charge on any atom is 0.433 e. The lowest BCUT2D eigenvalue weighted by Crippen LogP contribution is -2.32. The van der Waals surface area contributed by atoms with Gasteiger partial charge in [0.15, 0.2) is 5.69 Å². The molecule has 24 heavy (non-hydrogen) atoms. The number of benzene rings is 1. The first-order chi connectivity index (χ1) is 11.0. The number of hydrogen-bond donors (Lipinski definition) is 1. The Morgan fingerprint density at radius 1 is 1.00 bits per heavy atom. The van der Waals surface area contributed by atoms with Crippen molar-refractivity contribution in [3.63, 3.8) is 0 Å². The first kappa shape index (κ1) is 18.2. The van der Waals surface area contributed by atoms with Crippen LogP contribution in [-0.2, 0) is 6.18 Å². The van der Waals surface area contributed by atoms with Crippen LogP contribution in [0.3, 0.4) is 0 Å².